The largest absolute Gasteiger partial charge is 0.385 e. The highest BCUT2D eigenvalue weighted by molar-refractivity contribution is 5.89. The lowest BCUT2D eigenvalue weighted by molar-refractivity contribution is 0.112. The molecule has 1 heterocycles. The number of fused-ring (bicyclic) bond motifs is 1. The van der Waals surface area contributed by atoms with E-state index in [1.54, 1.807) is 7.11 Å². The second-order valence-electron chi connectivity index (χ2n) is 4.44. The van der Waals surface area contributed by atoms with Crippen molar-refractivity contribution in [3.63, 3.8) is 0 Å². The summed E-state index contributed by atoms with van der Waals surface area (Å²) >= 11 is 0. The Morgan fingerprint density at radius 1 is 1.39 bits per heavy atom. The fourth-order valence-corrected chi connectivity index (χ4v) is 2.30. The van der Waals surface area contributed by atoms with Gasteiger partial charge >= 0.3 is 0 Å². The number of aromatic nitrogens is 1. The Hall–Kier alpha value is -1.61. The number of hydrogen-bond acceptors (Lipinski definition) is 2. The summed E-state index contributed by atoms with van der Waals surface area (Å²) in [5.74, 6) is 0. The highest BCUT2D eigenvalue weighted by Crippen LogP contribution is 2.23. The Morgan fingerprint density at radius 3 is 2.89 bits per heavy atom. The molecular formula is C15H19NO2. The van der Waals surface area contributed by atoms with Gasteiger partial charge in [0.25, 0.3) is 0 Å². The molecule has 0 bridgehead atoms. The minimum atomic E-state index is 0.733. The summed E-state index contributed by atoms with van der Waals surface area (Å²) in [6.07, 6.45) is 5.08. The Kier molecular flexibility index (Phi) is 4.15. The number of aryl methyl sites for hydroxylation is 2. The quantitative estimate of drug-likeness (QED) is 0.578. The zero-order valence-corrected chi connectivity index (χ0v) is 11.0. The highest BCUT2D eigenvalue weighted by atomic mass is 16.5. The van der Waals surface area contributed by atoms with Crippen molar-refractivity contribution in [3.05, 3.63) is 35.5 Å². The third-order valence-corrected chi connectivity index (χ3v) is 3.25. The Labute approximate surface area is 107 Å². The number of rotatable bonds is 6. The highest BCUT2D eigenvalue weighted by Gasteiger charge is 2.07. The molecule has 3 heteroatoms. The molecule has 0 amide bonds. The van der Waals surface area contributed by atoms with E-state index in [0.717, 1.165) is 43.4 Å². The zero-order chi connectivity index (χ0) is 13.0. The second kappa shape index (κ2) is 5.83. The molecule has 0 aliphatic carbocycles. The van der Waals surface area contributed by atoms with Gasteiger partial charge in [0.05, 0.1) is 0 Å². The molecule has 3 nitrogen and oxygen atoms in total. The lowest BCUT2D eigenvalue weighted by Gasteiger charge is -2.05. The van der Waals surface area contributed by atoms with Crippen LogP contribution in [0, 0.1) is 0 Å². The van der Waals surface area contributed by atoms with Crippen LogP contribution in [0.15, 0.2) is 24.4 Å². The summed E-state index contributed by atoms with van der Waals surface area (Å²) in [6.45, 7) is 3.84. The van der Waals surface area contributed by atoms with Gasteiger partial charge in [0, 0.05) is 42.9 Å². The topological polar surface area (TPSA) is 31.2 Å². The van der Waals surface area contributed by atoms with Crippen LogP contribution in [-0.2, 0) is 17.7 Å². The van der Waals surface area contributed by atoms with Crippen LogP contribution in [0.1, 0.15) is 29.3 Å². The monoisotopic (exact) mass is 245 g/mol. The van der Waals surface area contributed by atoms with Crippen LogP contribution in [0.5, 0.6) is 0 Å². The number of ether oxygens (including phenoxy) is 1. The molecule has 0 radical (unpaired) electrons. The first-order valence-corrected chi connectivity index (χ1v) is 6.36. The number of carbonyl (C=O) groups excluding carboxylic acids is 1. The van der Waals surface area contributed by atoms with Gasteiger partial charge < -0.3 is 9.30 Å². The fraction of sp³-hybridized carbons (Fsp3) is 0.400. The maximum atomic E-state index is 10.9. The summed E-state index contributed by atoms with van der Waals surface area (Å²) < 4.78 is 7.31. The third kappa shape index (κ3) is 2.46. The molecule has 0 spiro atoms. The van der Waals surface area contributed by atoms with Gasteiger partial charge in [0.15, 0.2) is 0 Å². The van der Waals surface area contributed by atoms with Crippen molar-refractivity contribution in [2.45, 2.75) is 26.3 Å². The number of methoxy groups -OCH3 is 1. The Balaban J connectivity index is 2.40. The van der Waals surface area contributed by atoms with Crippen molar-refractivity contribution >= 4 is 17.2 Å². The first kappa shape index (κ1) is 12.8. The van der Waals surface area contributed by atoms with Crippen molar-refractivity contribution in [1.82, 2.24) is 4.57 Å². The van der Waals surface area contributed by atoms with Gasteiger partial charge in [-0.3, -0.25) is 4.79 Å². The van der Waals surface area contributed by atoms with Crippen LogP contribution in [0.25, 0.3) is 10.9 Å². The van der Waals surface area contributed by atoms with Crippen LogP contribution in [0.2, 0.25) is 0 Å². The Morgan fingerprint density at radius 2 is 2.22 bits per heavy atom. The maximum Gasteiger partial charge on any atom is 0.150 e. The number of hydrogen-bond donors (Lipinski definition) is 0. The average molecular weight is 245 g/mol. The minimum Gasteiger partial charge on any atom is -0.385 e. The number of nitrogens with zero attached hydrogens (tertiary/aromatic N) is 1. The molecule has 0 unspecified atom stereocenters. The summed E-state index contributed by atoms with van der Waals surface area (Å²) in [7, 11) is 1.72. The molecule has 0 saturated heterocycles. The lowest BCUT2D eigenvalue weighted by Crippen LogP contribution is -2.00. The zero-order valence-electron chi connectivity index (χ0n) is 11.0. The molecule has 96 valence electrons. The molecule has 0 aliphatic rings. The maximum absolute atomic E-state index is 10.9. The normalized spacial score (nSPS) is 11.0. The van der Waals surface area contributed by atoms with Crippen LogP contribution in [0.4, 0.5) is 0 Å². The number of benzene rings is 1. The molecular weight excluding hydrogens is 226 g/mol. The van der Waals surface area contributed by atoms with E-state index < -0.39 is 0 Å². The van der Waals surface area contributed by atoms with E-state index in [2.05, 4.69) is 17.7 Å². The standard InChI is InChI=1S/C15H19NO2/c1-3-13-10-16(7-4-8-18-2)15-9-12(11-17)5-6-14(13)15/h5-6,9-11H,3-4,7-8H2,1-2H3. The van der Waals surface area contributed by atoms with Crippen molar-refractivity contribution in [2.24, 2.45) is 0 Å². The molecule has 0 atom stereocenters. The van der Waals surface area contributed by atoms with Gasteiger partial charge in [-0.1, -0.05) is 19.1 Å². The van der Waals surface area contributed by atoms with Gasteiger partial charge in [-0.2, -0.15) is 0 Å². The SMILES string of the molecule is CCc1cn(CCCOC)c2cc(C=O)ccc12. The molecule has 2 aromatic rings. The predicted octanol–water partition coefficient (Wildman–Crippen LogP) is 3.05. The van der Waals surface area contributed by atoms with E-state index in [-0.39, 0.29) is 0 Å². The molecule has 2 rings (SSSR count). The van der Waals surface area contributed by atoms with Crippen molar-refractivity contribution in [3.8, 4) is 0 Å². The van der Waals surface area contributed by atoms with E-state index in [1.165, 1.54) is 10.9 Å². The first-order valence-electron chi connectivity index (χ1n) is 6.36. The molecule has 0 aliphatic heterocycles. The van der Waals surface area contributed by atoms with Gasteiger partial charge in [-0.05, 0) is 24.5 Å². The molecule has 1 aromatic carbocycles. The van der Waals surface area contributed by atoms with E-state index in [4.69, 9.17) is 4.74 Å². The summed E-state index contributed by atoms with van der Waals surface area (Å²) in [6, 6.07) is 5.90. The average Bonchev–Trinajstić information content (AvgIpc) is 2.76. The van der Waals surface area contributed by atoms with Crippen LogP contribution in [-0.4, -0.2) is 24.6 Å². The van der Waals surface area contributed by atoms with Crippen molar-refractivity contribution in [2.75, 3.05) is 13.7 Å². The molecule has 0 fully saturated rings. The smallest absolute Gasteiger partial charge is 0.150 e. The molecule has 0 N–H and O–H groups in total. The van der Waals surface area contributed by atoms with Crippen LogP contribution in [0.3, 0.4) is 0 Å². The van der Waals surface area contributed by atoms with Gasteiger partial charge in [-0.25, -0.2) is 0 Å². The number of carbonyl (C=O) groups is 1. The summed E-state index contributed by atoms with van der Waals surface area (Å²) in [4.78, 5) is 10.9. The van der Waals surface area contributed by atoms with E-state index >= 15 is 0 Å². The molecule has 18 heavy (non-hydrogen) atoms. The van der Waals surface area contributed by atoms with Gasteiger partial charge in [0.1, 0.15) is 6.29 Å². The van der Waals surface area contributed by atoms with Gasteiger partial charge in [-0.15, -0.1) is 0 Å². The first-order chi connectivity index (χ1) is 8.80. The molecule has 0 saturated carbocycles. The van der Waals surface area contributed by atoms with Gasteiger partial charge in [0.2, 0.25) is 0 Å². The van der Waals surface area contributed by atoms with E-state index in [9.17, 15) is 4.79 Å². The predicted molar refractivity (Wildman–Crippen MR) is 73.2 cm³/mol. The van der Waals surface area contributed by atoms with Crippen LogP contribution < -0.4 is 0 Å². The Bertz CT molecular complexity index is 543. The minimum absolute atomic E-state index is 0.733. The molecule has 1 aromatic heterocycles. The van der Waals surface area contributed by atoms with Crippen LogP contribution >= 0.6 is 0 Å². The summed E-state index contributed by atoms with van der Waals surface area (Å²) in [5.41, 5.74) is 3.21. The second-order valence-corrected chi connectivity index (χ2v) is 4.44. The van der Waals surface area contributed by atoms with E-state index in [1.807, 2.05) is 18.2 Å². The fourth-order valence-electron chi connectivity index (χ4n) is 2.30. The summed E-state index contributed by atoms with van der Waals surface area (Å²) in [5, 5.41) is 1.25. The van der Waals surface area contributed by atoms with E-state index in [0.29, 0.717) is 0 Å². The lowest BCUT2D eigenvalue weighted by atomic mass is 10.1. The third-order valence-electron chi connectivity index (χ3n) is 3.25. The van der Waals surface area contributed by atoms with Crippen molar-refractivity contribution in [1.29, 1.82) is 0 Å². The number of aldehydes is 1. The van der Waals surface area contributed by atoms with Crippen molar-refractivity contribution < 1.29 is 9.53 Å².